The van der Waals surface area contributed by atoms with Crippen LogP contribution < -0.4 is 5.43 Å². The molecule has 4 nitrogen and oxygen atoms in total. The molecular weight excluding hydrogens is 254 g/mol. The van der Waals surface area contributed by atoms with Crippen LogP contribution in [0.4, 0.5) is 0 Å². The summed E-state index contributed by atoms with van der Waals surface area (Å²) in [5.74, 6) is -0.515. The minimum absolute atomic E-state index is 0.144. The van der Waals surface area contributed by atoms with Crippen LogP contribution in [0.3, 0.4) is 0 Å². The van der Waals surface area contributed by atoms with Crippen LogP contribution in [-0.4, -0.2) is 17.1 Å². The molecular formula is C16H17NO3. The minimum atomic E-state index is -0.515. The van der Waals surface area contributed by atoms with Crippen molar-refractivity contribution in [3.63, 3.8) is 0 Å². The van der Waals surface area contributed by atoms with Crippen LogP contribution in [0.2, 0.25) is 0 Å². The Morgan fingerprint density at radius 2 is 2.25 bits per heavy atom. The van der Waals surface area contributed by atoms with Gasteiger partial charge in [-0.1, -0.05) is 19.1 Å². The van der Waals surface area contributed by atoms with E-state index in [1.54, 1.807) is 12.3 Å². The van der Waals surface area contributed by atoms with E-state index in [2.05, 4.69) is 0 Å². The summed E-state index contributed by atoms with van der Waals surface area (Å²) in [5, 5.41) is 0.619. The summed E-state index contributed by atoms with van der Waals surface area (Å²) in [4.78, 5) is 24.5. The van der Waals surface area contributed by atoms with Crippen LogP contribution in [0.1, 0.15) is 35.7 Å². The first kappa shape index (κ1) is 12.9. The largest absolute Gasteiger partial charge is 0.462 e. The second-order valence-corrected chi connectivity index (χ2v) is 5.12. The van der Waals surface area contributed by atoms with Crippen molar-refractivity contribution in [2.24, 2.45) is 0 Å². The van der Waals surface area contributed by atoms with Gasteiger partial charge in [0.25, 0.3) is 0 Å². The molecule has 1 aromatic heterocycles. The van der Waals surface area contributed by atoms with Gasteiger partial charge in [-0.05, 0) is 30.9 Å². The number of hydrogen-bond acceptors (Lipinski definition) is 3. The predicted molar refractivity (Wildman–Crippen MR) is 77.1 cm³/mol. The Morgan fingerprint density at radius 3 is 3.05 bits per heavy atom. The summed E-state index contributed by atoms with van der Waals surface area (Å²) < 4.78 is 7.11. The molecule has 0 atom stereocenters. The zero-order valence-electron chi connectivity index (χ0n) is 11.5. The lowest BCUT2D eigenvalue weighted by molar-refractivity contribution is 0.0503. The number of aryl methyl sites for hydroxylation is 2. The second-order valence-electron chi connectivity index (χ2n) is 5.12. The van der Waals surface area contributed by atoms with Gasteiger partial charge in [0.05, 0.1) is 12.1 Å². The summed E-state index contributed by atoms with van der Waals surface area (Å²) in [7, 11) is 0. The van der Waals surface area contributed by atoms with E-state index in [9.17, 15) is 9.59 Å². The van der Waals surface area contributed by atoms with Gasteiger partial charge < -0.3 is 9.30 Å². The lowest BCUT2D eigenvalue weighted by atomic mass is 10.00. The highest BCUT2D eigenvalue weighted by Gasteiger charge is 2.19. The van der Waals surface area contributed by atoms with Crippen molar-refractivity contribution in [3.05, 3.63) is 45.7 Å². The molecule has 0 aliphatic carbocycles. The topological polar surface area (TPSA) is 48.3 Å². The molecule has 0 unspecified atom stereocenters. The lowest BCUT2D eigenvalue weighted by Crippen LogP contribution is -2.23. The Labute approximate surface area is 117 Å². The summed E-state index contributed by atoms with van der Waals surface area (Å²) in [6.45, 7) is 3.11. The van der Waals surface area contributed by atoms with Crippen molar-refractivity contribution in [1.29, 1.82) is 0 Å². The van der Waals surface area contributed by atoms with E-state index >= 15 is 0 Å². The number of aromatic nitrogens is 1. The fourth-order valence-corrected chi connectivity index (χ4v) is 2.77. The van der Waals surface area contributed by atoms with E-state index in [-0.39, 0.29) is 11.0 Å². The lowest BCUT2D eigenvalue weighted by Gasteiger charge is -2.20. The van der Waals surface area contributed by atoms with E-state index in [0.29, 0.717) is 12.0 Å². The fourth-order valence-electron chi connectivity index (χ4n) is 2.77. The van der Waals surface area contributed by atoms with Crippen molar-refractivity contribution in [3.8, 4) is 0 Å². The number of ether oxygens (including phenoxy) is 1. The Morgan fingerprint density at radius 1 is 1.40 bits per heavy atom. The predicted octanol–water partition coefficient (Wildman–Crippen LogP) is 2.51. The van der Waals surface area contributed by atoms with E-state index in [4.69, 9.17) is 4.74 Å². The van der Waals surface area contributed by atoms with E-state index in [1.165, 1.54) is 5.56 Å². The van der Waals surface area contributed by atoms with Crippen LogP contribution in [0, 0.1) is 0 Å². The van der Waals surface area contributed by atoms with Crippen LogP contribution in [0.5, 0.6) is 0 Å². The molecule has 1 aliphatic rings. The summed E-state index contributed by atoms with van der Waals surface area (Å²) >= 11 is 0. The van der Waals surface area contributed by atoms with Crippen molar-refractivity contribution in [2.75, 3.05) is 6.61 Å². The van der Waals surface area contributed by atoms with Crippen molar-refractivity contribution in [2.45, 2.75) is 32.7 Å². The molecule has 2 aromatic rings. The van der Waals surface area contributed by atoms with Gasteiger partial charge >= 0.3 is 5.97 Å². The molecule has 2 heterocycles. The van der Waals surface area contributed by atoms with E-state index < -0.39 is 5.97 Å². The zero-order chi connectivity index (χ0) is 14.1. The first-order valence-electron chi connectivity index (χ1n) is 7.04. The molecule has 20 heavy (non-hydrogen) atoms. The molecule has 0 N–H and O–H groups in total. The molecule has 0 amide bonds. The van der Waals surface area contributed by atoms with Crippen LogP contribution in [0.25, 0.3) is 10.9 Å². The maximum absolute atomic E-state index is 12.5. The first-order valence-corrected chi connectivity index (χ1v) is 7.04. The third kappa shape index (κ3) is 2.01. The molecule has 4 heteroatoms. The van der Waals surface area contributed by atoms with Crippen LogP contribution >= 0.6 is 0 Å². The monoisotopic (exact) mass is 271 g/mol. The van der Waals surface area contributed by atoms with Gasteiger partial charge in [0.1, 0.15) is 5.56 Å². The number of pyridine rings is 1. The molecule has 0 saturated heterocycles. The molecule has 0 saturated carbocycles. The smallest absolute Gasteiger partial charge is 0.343 e. The highest BCUT2D eigenvalue weighted by atomic mass is 16.5. The number of para-hydroxylation sites is 1. The van der Waals surface area contributed by atoms with Crippen LogP contribution in [-0.2, 0) is 17.7 Å². The summed E-state index contributed by atoms with van der Waals surface area (Å²) in [6.07, 6.45) is 4.41. The molecule has 3 rings (SSSR count). The van der Waals surface area contributed by atoms with Gasteiger partial charge in [0.15, 0.2) is 0 Å². The molecule has 0 radical (unpaired) electrons. The number of benzene rings is 1. The first-order chi connectivity index (χ1) is 9.72. The number of hydrogen-bond donors (Lipinski definition) is 0. The highest BCUT2D eigenvalue weighted by molar-refractivity contribution is 5.94. The SMILES string of the molecule is CCCOC(=O)c1cn2c3c(cccc3c1=O)CCC2. The van der Waals surface area contributed by atoms with Crippen molar-refractivity contribution in [1.82, 2.24) is 4.57 Å². The van der Waals surface area contributed by atoms with Crippen molar-refractivity contribution < 1.29 is 9.53 Å². The molecule has 1 aliphatic heterocycles. The third-order valence-corrected chi connectivity index (χ3v) is 3.68. The third-order valence-electron chi connectivity index (χ3n) is 3.68. The zero-order valence-corrected chi connectivity index (χ0v) is 11.5. The quantitative estimate of drug-likeness (QED) is 0.806. The van der Waals surface area contributed by atoms with Gasteiger partial charge in [0.2, 0.25) is 5.43 Å². The van der Waals surface area contributed by atoms with Gasteiger partial charge in [-0.3, -0.25) is 4.79 Å². The number of nitrogens with zero attached hydrogens (tertiary/aromatic N) is 1. The Bertz CT molecular complexity index is 730. The minimum Gasteiger partial charge on any atom is -0.462 e. The van der Waals surface area contributed by atoms with Crippen LogP contribution in [0.15, 0.2) is 29.2 Å². The Hall–Kier alpha value is -2.10. The molecule has 0 bridgehead atoms. The molecule has 0 fully saturated rings. The number of esters is 1. The number of rotatable bonds is 3. The molecule has 104 valence electrons. The average Bonchev–Trinajstić information content (AvgIpc) is 2.48. The maximum Gasteiger partial charge on any atom is 0.343 e. The standard InChI is InChI=1S/C16H17NO3/c1-2-9-20-16(19)13-10-17-8-4-6-11-5-3-7-12(14(11)17)15(13)18/h3,5,7,10H,2,4,6,8-9H2,1H3. The molecule has 1 aromatic carbocycles. The summed E-state index contributed by atoms with van der Waals surface area (Å²) in [6, 6.07) is 5.72. The van der Waals surface area contributed by atoms with E-state index in [1.807, 2.05) is 23.6 Å². The van der Waals surface area contributed by atoms with E-state index in [0.717, 1.165) is 31.3 Å². The Balaban J connectivity index is 2.19. The number of carbonyl (C=O) groups is 1. The van der Waals surface area contributed by atoms with Gasteiger partial charge in [0, 0.05) is 18.1 Å². The van der Waals surface area contributed by atoms with Gasteiger partial charge in [-0.15, -0.1) is 0 Å². The highest BCUT2D eigenvalue weighted by Crippen LogP contribution is 2.23. The Kier molecular flexibility index (Phi) is 3.30. The normalized spacial score (nSPS) is 13.4. The van der Waals surface area contributed by atoms with Gasteiger partial charge in [-0.25, -0.2) is 4.79 Å². The molecule has 0 spiro atoms. The second kappa shape index (κ2) is 5.12. The summed E-state index contributed by atoms with van der Waals surface area (Å²) in [5.41, 5.74) is 2.07. The fraction of sp³-hybridized carbons (Fsp3) is 0.375. The average molecular weight is 271 g/mol. The number of carbonyl (C=O) groups excluding carboxylic acids is 1. The maximum atomic E-state index is 12.5. The van der Waals surface area contributed by atoms with Gasteiger partial charge in [-0.2, -0.15) is 0 Å². The van der Waals surface area contributed by atoms with Crippen molar-refractivity contribution >= 4 is 16.9 Å².